The molecule has 1 heterocycles. The molecule has 1 aromatic carbocycles. The number of carbonyl (C=O) groups excluding carboxylic acids is 1. The molecule has 6 nitrogen and oxygen atoms in total. The van der Waals surface area contributed by atoms with Crippen LogP contribution in [-0.2, 0) is 4.79 Å². The predicted octanol–water partition coefficient (Wildman–Crippen LogP) is 1.34. The summed E-state index contributed by atoms with van der Waals surface area (Å²) >= 11 is 0. The summed E-state index contributed by atoms with van der Waals surface area (Å²) in [6.45, 7) is 1.75. The van der Waals surface area contributed by atoms with E-state index in [4.69, 9.17) is 0 Å². The van der Waals surface area contributed by atoms with Crippen LogP contribution in [0.15, 0.2) is 42.7 Å². The second kappa shape index (κ2) is 5.92. The lowest BCUT2D eigenvalue weighted by atomic mass is 10.1. The molecule has 6 heteroatoms. The molecule has 0 saturated carbocycles. The van der Waals surface area contributed by atoms with Crippen LogP contribution in [0, 0.1) is 6.92 Å². The quantitative estimate of drug-likeness (QED) is 0.875. The molecule has 1 amide bonds. The minimum absolute atomic E-state index is 0.0813. The van der Waals surface area contributed by atoms with Crippen molar-refractivity contribution < 1.29 is 14.7 Å². The third-order valence-corrected chi connectivity index (χ3v) is 2.67. The van der Waals surface area contributed by atoms with E-state index in [2.05, 4.69) is 15.3 Å². The Morgan fingerprint density at radius 2 is 1.85 bits per heavy atom. The number of amides is 1. The minimum atomic E-state index is -1.13. The molecule has 0 unspecified atom stereocenters. The van der Waals surface area contributed by atoms with Crippen LogP contribution in [0.1, 0.15) is 27.8 Å². The molecule has 0 aliphatic carbocycles. The van der Waals surface area contributed by atoms with Crippen LogP contribution >= 0.6 is 0 Å². The molecule has 0 aliphatic rings. The molecule has 2 N–H and O–H groups in total. The van der Waals surface area contributed by atoms with Gasteiger partial charge in [-0.1, -0.05) is 30.3 Å². The number of aromatic nitrogens is 2. The SMILES string of the molecule is Cc1cnc(C(=O)N[C@H](C(=O)O)c2ccccc2)cn1. The van der Waals surface area contributed by atoms with E-state index in [1.54, 1.807) is 37.3 Å². The fourth-order valence-electron chi connectivity index (χ4n) is 1.65. The average Bonchev–Trinajstić information content (AvgIpc) is 2.46. The summed E-state index contributed by atoms with van der Waals surface area (Å²) in [7, 11) is 0. The van der Waals surface area contributed by atoms with Gasteiger partial charge in [0, 0.05) is 6.20 Å². The van der Waals surface area contributed by atoms with Gasteiger partial charge >= 0.3 is 5.97 Å². The maximum atomic E-state index is 12.0. The molecule has 0 fully saturated rings. The molecule has 1 aromatic heterocycles. The molecular weight excluding hydrogens is 258 g/mol. The molecule has 0 radical (unpaired) electrons. The molecule has 1 atom stereocenters. The topological polar surface area (TPSA) is 92.2 Å². The summed E-state index contributed by atoms with van der Waals surface area (Å²) < 4.78 is 0. The smallest absolute Gasteiger partial charge is 0.330 e. The Labute approximate surface area is 115 Å². The molecule has 0 aliphatic heterocycles. The zero-order valence-corrected chi connectivity index (χ0v) is 10.8. The second-order valence-electron chi connectivity index (χ2n) is 4.20. The summed E-state index contributed by atoms with van der Waals surface area (Å²) in [4.78, 5) is 31.1. The van der Waals surface area contributed by atoms with Gasteiger partial charge in [-0.15, -0.1) is 0 Å². The minimum Gasteiger partial charge on any atom is -0.479 e. The van der Waals surface area contributed by atoms with Crippen molar-refractivity contribution >= 4 is 11.9 Å². The van der Waals surface area contributed by atoms with E-state index >= 15 is 0 Å². The van der Waals surface area contributed by atoms with Crippen molar-refractivity contribution in [3.63, 3.8) is 0 Å². The van der Waals surface area contributed by atoms with Crippen LogP contribution in [0.25, 0.3) is 0 Å². The zero-order valence-electron chi connectivity index (χ0n) is 10.8. The van der Waals surface area contributed by atoms with Gasteiger partial charge in [0.1, 0.15) is 5.69 Å². The number of hydrogen-bond acceptors (Lipinski definition) is 4. The molecule has 0 saturated heterocycles. The molecule has 0 spiro atoms. The summed E-state index contributed by atoms with van der Waals surface area (Å²) in [6.07, 6.45) is 2.77. The molecule has 2 aromatic rings. The highest BCUT2D eigenvalue weighted by Gasteiger charge is 2.22. The van der Waals surface area contributed by atoms with Crippen molar-refractivity contribution in [1.82, 2.24) is 15.3 Å². The van der Waals surface area contributed by atoms with E-state index in [9.17, 15) is 14.7 Å². The van der Waals surface area contributed by atoms with Crippen LogP contribution < -0.4 is 5.32 Å². The first kappa shape index (κ1) is 13.7. The van der Waals surface area contributed by atoms with Gasteiger partial charge in [0.15, 0.2) is 6.04 Å². The Hall–Kier alpha value is -2.76. The van der Waals surface area contributed by atoms with Crippen molar-refractivity contribution in [3.05, 3.63) is 59.7 Å². The maximum absolute atomic E-state index is 12.0. The van der Waals surface area contributed by atoms with Crippen LogP contribution in [0.4, 0.5) is 0 Å². The monoisotopic (exact) mass is 271 g/mol. The van der Waals surface area contributed by atoms with Crippen molar-refractivity contribution in [2.75, 3.05) is 0 Å². The number of benzene rings is 1. The average molecular weight is 271 g/mol. The van der Waals surface area contributed by atoms with Crippen molar-refractivity contribution in [3.8, 4) is 0 Å². The van der Waals surface area contributed by atoms with Crippen LogP contribution in [0.2, 0.25) is 0 Å². The number of aryl methyl sites for hydroxylation is 1. The highest BCUT2D eigenvalue weighted by Crippen LogP contribution is 2.13. The van der Waals surface area contributed by atoms with Gasteiger partial charge in [-0.3, -0.25) is 9.78 Å². The highest BCUT2D eigenvalue weighted by atomic mass is 16.4. The number of hydrogen-bond donors (Lipinski definition) is 2. The van der Waals surface area contributed by atoms with Gasteiger partial charge in [-0.25, -0.2) is 9.78 Å². The standard InChI is InChI=1S/C14H13N3O3/c1-9-7-16-11(8-15-9)13(18)17-12(14(19)20)10-5-3-2-4-6-10/h2-8,12H,1H3,(H,17,18)(H,19,20)/t12-/m0/s1. The fraction of sp³-hybridized carbons (Fsp3) is 0.143. The number of aliphatic carboxylic acids is 1. The van der Waals surface area contributed by atoms with Crippen molar-refractivity contribution in [2.45, 2.75) is 13.0 Å². The molecule has 2 rings (SSSR count). The summed E-state index contributed by atoms with van der Waals surface area (Å²) in [5.74, 6) is -1.71. The Balaban J connectivity index is 2.19. The predicted molar refractivity (Wildman–Crippen MR) is 71.1 cm³/mol. The van der Waals surface area contributed by atoms with Gasteiger partial charge in [0.25, 0.3) is 5.91 Å². The number of carbonyl (C=O) groups is 2. The van der Waals surface area contributed by atoms with Gasteiger partial charge in [-0.05, 0) is 12.5 Å². The van der Waals surface area contributed by atoms with Gasteiger partial charge < -0.3 is 10.4 Å². The summed E-state index contributed by atoms with van der Waals surface area (Å²) in [5, 5.41) is 11.6. The summed E-state index contributed by atoms with van der Waals surface area (Å²) in [6, 6.07) is 7.36. The number of nitrogens with one attached hydrogen (secondary N) is 1. The molecular formula is C14H13N3O3. The van der Waals surface area contributed by atoms with E-state index in [-0.39, 0.29) is 5.69 Å². The normalized spacial score (nSPS) is 11.7. The molecule has 20 heavy (non-hydrogen) atoms. The maximum Gasteiger partial charge on any atom is 0.330 e. The van der Waals surface area contributed by atoms with Crippen LogP contribution in [0.5, 0.6) is 0 Å². The van der Waals surface area contributed by atoms with Crippen molar-refractivity contribution in [1.29, 1.82) is 0 Å². The number of nitrogens with zero attached hydrogens (tertiary/aromatic N) is 2. The first-order valence-electron chi connectivity index (χ1n) is 5.95. The third kappa shape index (κ3) is 3.17. The van der Waals surface area contributed by atoms with E-state index in [1.165, 1.54) is 12.4 Å². The van der Waals surface area contributed by atoms with Crippen LogP contribution in [-0.4, -0.2) is 27.0 Å². The fourth-order valence-corrected chi connectivity index (χ4v) is 1.65. The number of carboxylic acids is 1. The lowest BCUT2D eigenvalue weighted by Gasteiger charge is -2.14. The van der Waals surface area contributed by atoms with Gasteiger partial charge in [0.05, 0.1) is 11.9 Å². The summed E-state index contributed by atoms with van der Waals surface area (Å²) in [5.41, 5.74) is 1.26. The molecule has 102 valence electrons. The Morgan fingerprint density at radius 1 is 1.15 bits per heavy atom. The Kier molecular flexibility index (Phi) is 4.05. The van der Waals surface area contributed by atoms with Crippen LogP contribution in [0.3, 0.4) is 0 Å². The van der Waals surface area contributed by atoms with Gasteiger partial charge in [-0.2, -0.15) is 0 Å². The van der Waals surface area contributed by atoms with E-state index in [0.717, 1.165) is 0 Å². The first-order chi connectivity index (χ1) is 9.58. The highest BCUT2D eigenvalue weighted by molar-refractivity contribution is 5.94. The van der Waals surface area contributed by atoms with Gasteiger partial charge in [0.2, 0.25) is 0 Å². The second-order valence-corrected chi connectivity index (χ2v) is 4.20. The Bertz CT molecular complexity index is 611. The lowest BCUT2D eigenvalue weighted by Crippen LogP contribution is -2.34. The largest absolute Gasteiger partial charge is 0.479 e. The van der Waals surface area contributed by atoms with E-state index < -0.39 is 17.9 Å². The van der Waals surface area contributed by atoms with Crippen molar-refractivity contribution in [2.24, 2.45) is 0 Å². The number of carboxylic acid groups (broad SMARTS) is 1. The lowest BCUT2D eigenvalue weighted by molar-refractivity contribution is -0.139. The Morgan fingerprint density at radius 3 is 2.40 bits per heavy atom. The molecule has 0 bridgehead atoms. The zero-order chi connectivity index (χ0) is 14.5. The first-order valence-corrected chi connectivity index (χ1v) is 5.95. The van der Waals surface area contributed by atoms with E-state index in [0.29, 0.717) is 11.3 Å². The van der Waals surface area contributed by atoms with E-state index in [1.807, 2.05) is 0 Å². The third-order valence-electron chi connectivity index (χ3n) is 2.67. The number of rotatable bonds is 4.